The fourth-order valence-corrected chi connectivity index (χ4v) is 2.56. The Bertz CT molecular complexity index is 907. The third kappa shape index (κ3) is 1.89. The lowest BCUT2D eigenvalue weighted by Gasteiger charge is -2.08. The van der Waals surface area contributed by atoms with Crippen molar-refractivity contribution in [2.24, 2.45) is 0 Å². The molecule has 0 bridgehead atoms. The van der Waals surface area contributed by atoms with E-state index in [0.717, 1.165) is 28.0 Å². The second kappa shape index (κ2) is 4.52. The number of imidazole rings is 1. The number of benzene rings is 2. The molecular weight excluding hydrogens is 262 g/mol. The zero-order valence-corrected chi connectivity index (χ0v) is 11.2. The summed E-state index contributed by atoms with van der Waals surface area (Å²) in [5, 5.41) is 0. The van der Waals surface area contributed by atoms with Crippen molar-refractivity contribution >= 4 is 17.0 Å². The fourth-order valence-electron chi connectivity index (χ4n) is 2.56. The van der Waals surface area contributed by atoms with Gasteiger partial charge in [-0.05, 0) is 36.4 Å². The molecule has 0 radical (unpaired) electrons. The molecule has 2 heterocycles. The van der Waals surface area contributed by atoms with E-state index < -0.39 is 0 Å². The highest BCUT2D eigenvalue weighted by atomic mass is 16.3. The topological polar surface area (TPSA) is 57.0 Å². The summed E-state index contributed by atoms with van der Waals surface area (Å²) in [6.07, 6.45) is 1.67. The predicted octanol–water partition coefficient (Wildman–Crippen LogP) is 3.87. The summed E-state index contributed by atoms with van der Waals surface area (Å²) in [5.74, 6) is 1.31. The van der Waals surface area contributed by atoms with Crippen LogP contribution in [0, 0.1) is 0 Å². The predicted molar refractivity (Wildman–Crippen MR) is 83.2 cm³/mol. The minimum Gasteiger partial charge on any atom is -0.464 e. The zero-order chi connectivity index (χ0) is 14.2. The average molecular weight is 275 g/mol. The molecule has 2 aromatic carbocycles. The third-order valence-corrected chi connectivity index (χ3v) is 3.50. The largest absolute Gasteiger partial charge is 0.464 e. The maximum atomic E-state index is 6.08. The van der Waals surface area contributed by atoms with Crippen LogP contribution in [0.25, 0.3) is 28.0 Å². The standard InChI is InChI=1S/C17H13N3O/c18-17-19-14-7-1-2-8-15(14)20(17)13-6-3-5-12(11-13)16-9-4-10-21-16/h1-11H,(H2,18,19). The quantitative estimate of drug-likeness (QED) is 0.604. The lowest BCUT2D eigenvalue weighted by molar-refractivity contribution is 0.582. The minimum absolute atomic E-state index is 0.479. The molecule has 0 aliphatic rings. The van der Waals surface area contributed by atoms with E-state index in [4.69, 9.17) is 10.2 Å². The average Bonchev–Trinajstić information content (AvgIpc) is 3.14. The van der Waals surface area contributed by atoms with Gasteiger partial charge in [0.1, 0.15) is 5.76 Å². The summed E-state index contributed by atoms with van der Waals surface area (Å²) < 4.78 is 7.40. The zero-order valence-electron chi connectivity index (χ0n) is 11.2. The van der Waals surface area contributed by atoms with Crippen LogP contribution in [0.4, 0.5) is 5.95 Å². The molecule has 2 N–H and O–H groups in total. The molecule has 0 amide bonds. The Balaban J connectivity index is 1.93. The smallest absolute Gasteiger partial charge is 0.205 e. The van der Waals surface area contributed by atoms with Gasteiger partial charge in [0.25, 0.3) is 0 Å². The number of nitrogens with zero attached hydrogens (tertiary/aromatic N) is 2. The molecule has 102 valence electrons. The summed E-state index contributed by atoms with van der Waals surface area (Å²) in [6, 6.07) is 19.8. The Morgan fingerprint density at radius 2 is 1.86 bits per heavy atom. The van der Waals surface area contributed by atoms with Gasteiger partial charge in [-0.1, -0.05) is 24.3 Å². The number of anilines is 1. The lowest BCUT2D eigenvalue weighted by atomic mass is 10.1. The van der Waals surface area contributed by atoms with Crippen LogP contribution in [0.5, 0.6) is 0 Å². The van der Waals surface area contributed by atoms with Crippen molar-refractivity contribution in [2.45, 2.75) is 0 Å². The summed E-state index contributed by atoms with van der Waals surface area (Å²) >= 11 is 0. The number of rotatable bonds is 2. The van der Waals surface area contributed by atoms with E-state index in [1.54, 1.807) is 6.26 Å². The number of hydrogen-bond donors (Lipinski definition) is 1. The fraction of sp³-hybridized carbons (Fsp3) is 0. The first-order chi connectivity index (χ1) is 10.3. The molecule has 0 atom stereocenters. The molecule has 4 nitrogen and oxygen atoms in total. The summed E-state index contributed by atoms with van der Waals surface area (Å²) in [6.45, 7) is 0. The number of para-hydroxylation sites is 2. The number of furan rings is 1. The van der Waals surface area contributed by atoms with Gasteiger partial charge >= 0.3 is 0 Å². The van der Waals surface area contributed by atoms with Gasteiger partial charge < -0.3 is 10.2 Å². The molecule has 4 aromatic rings. The van der Waals surface area contributed by atoms with Crippen LogP contribution in [0.1, 0.15) is 0 Å². The van der Waals surface area contributed by atoms with E-state index in [1.165, 1.54) is 0 Å². The van der Waals surface area contributed by atoms with Crippen molar-refractivity contribution in [1.82, 2.24) is 9.55 Å². The molecule has 2 aromatic heterocycles. The first-order valence-electron chi connectivity index (χ1n) is 6.70. The number of nitrogen functional groups attached to an aromatic ring is 1. The van der Waals surface area contributed by atoms with Crippen molar-refractivity contribution in [3.05, 3.63) is 66.9 Å². The number of hydrogen-bond acceptors (Lipinski definition) is 3. The molecule has 0 aliphatic carbocycles. The van der Waals surface area contributed by atoms with Gasteiger partial charge in [0.2, 0.25) is 5.95 Å². The summed E-state index contributed by atoms with van der Waals surface area (Å²) in [5.41, 5.74) is 9.94. The van der Waals surface area contributed by atoms with Gasteiger partial charge in [0.05, 0.1) is 17.3 Å². The van der Waals surface area contributed by atoms with Gasteiger partial charge in [0.15, 0.2) is 0 Å². The van der Waals surface area contributed by atoms with Crippen molar-refractivity contribution in [2.75, 3.05) is 5.73 Å². The van der Waals surface area contributed by atoms with E-state index >= 15 is 0 Å². The van der Waals surface area contributed by atoms with Crippen molar-refractivity contribution < 1.29 is 4.42 Å². The second-order valence-corrected chi connectivity index (χ2v) is 4.82. The molecule has 0 aliphatic heterocycles. The maximum Gasteiger partial charge on any atom is 0.205 e. The molecule has 0 saturated heterocycles. The van der Waals surface area contributed by atoms with Crippen LogP contribution in [0.2, 0.25) is 0 Å². The third-order valence-electron chi connectivity index (χ3n) is 3.50. The van der Waals surface area contributed by atoms with E-state index in [1.807, 2.05) is 65.2 Å². The first-order valence-corrected chi connectivity index (χ1v) is 6.70. The SMILES string of the molecule is Nc1nc2ccccc2n1-c1cccc(-c2ccco2)c1. The monoisotopic (exact) mass is 275 g/mol. The van der Waals surface area contributed by atoms with Crippen LogP contribution in [-0.4, -0.2) is 9.55 Å². The minimum atomic E-state index is 0.479. The lowest BCUT2D eigenvalue weighted by Crippen LogP contribution is -2.00. The highest BCUT2D eigenvalue weighted by molar-refractivity contribution is 5.81. The van der Waals surface area contributed by atoms with Gasteiger partial charge in [-0.15, -0.1) is 0 Å². The molecule has 0 spiro atoms. The molecular formula is C17H13N3O. The molecule has 0 unspecified atom stereocenters. The molecule has 4 heteroatoms. The van der Waals surface area contributed by atoms with Gasteiger partial charge in [-0.2, -0.15) is 0 Å². The Kier molecular flexibility index (Phi) is 2.54. The van der Waals surface area contributed by atoms with Gasteiger partial charge in [0, 0.05) is 11.3 Å². The summed E-state index contributed by atoms with van der Waals surface area (Å²) in [7, 11) is 0. The Hall–Kier alpha value is -3.01. The Labute approximate surface area is 121 Å². The highest BCUT2D eigenvalue weighted by Gasteiger charge is 2.10. The van der Waals surface area contributed by atoms with E-state index in [9.17, 15) is 0 Å². The van der Waals surface area contributed by atoms with E-state index in [2.05, 4.69) is 4.98 Å². The van der Waals surface area contributed by atoms with Crippen LogP contribution < -0.4 is 5.73 Å². The van der Waals surface area contributed by atoms with Crippen LogP contribution in [0.15, 0.2) is 71.3 Å². The Morgan fingerprint density at radius 1 is 0.952 bits per heavy atom. The van der Waals surface area contributed by atoms with Crippen molar-refractivity contribution in [3.63, 3.8) is 0 Å². The van der Waals surface area contributed by atoms with Crippen LogP contribution >= 0.6 is 0 Å². The van der Waals surface area contributed by atoms with Crippen LogP contribution in [0.3, 0.4) is 0 Å². The van der Waals surface area contributed by atoms with Gasteiger partial charge in [-0.3, -0.25) is 4.57 Å². The normalized spacial score (nSPS) is 11.0. The molecule has 21 heavy (non-hydrogen) atoms. The maximum absolute atomic E-state index is 6.08. The number of nitrogens with two attached hydrogens (primary N) is 1. The van der Waals surface area contributed by atoms with Crippen molar-refractivity contribution in [3.8, 4) is 17.0 Å². The number of aromatic nitrogens is 2. The van der Waals surface area contributed by atoms with Crippen molar-refractivity contribution in [1.29, 1.82) is 0 Å². The molecule has 0 fully saturated rings. The first kappa shape index (κ1) is 11.8. The summed E-state index contributed by atoms with van der Waals surface area (Å²) in [4.78, 5) is 4.40. The number of fused-ring (bicyclic) bond motifs is 1. The van der Waals surface area contributed by atoms with Crippen LogP contribution in [-0.2, 0) is 0 Å². The van der Waals surface area contributed by atoms with E-state index in [0.29, 0.717) is 5.95 Å². The van der Waals surface area contributed by atoms with Gasteiger partial charge in [-0.25, -0.2) is 4.98 Å². The molecule has 0 saturated carbocycles. The Morgan fingerprint density at radius 3 is 2.71 bits per heavy atom. The highest BCUT2D eigenvalue weighted by Crippen LogP contribution is 2.27. The van der Waals surface area contributed by atoms with E-state index in [-0.39, 0.29) is 0 Å². The second-order valence-electron chi connectivity index (χ2n) is 4.82. The molecule has 4 rings (SSSR count).